The zero-order valence-corrected chi connectivity index (χ0v) is 19.8. The summed E-state index contributed by atoms with van der Waals surface area (Å²) in [4.78, 5) is 22.7. The number of benzene rings is 1. The molecule has 1 saturated carbocycles. The van der Waals surface area contributed by atoms with Gasteiger partial charge >= 0.3 is 6.09 Å². The van der Waals surface area contributed by atoms with E-state index in [0.717, 1.165) is 44.4 Å². The summed E-state index contributed by atoms with van der Waals surface area (Å²) < 4.78 is 49.3. The predicted molar refractivity (Wildman–Crippen MR) is 121 cm³/mol. The quantitative estimate of drug-likeness (QED) is 0.627. The second kappa shape index (κ2) is 8.68. The number of halogens is 1. The molecular formula is C23H27FN4O5S. The molecule has 3 fully saturated rings. The SMILES string of the molecule is Cc1c(Nc2ccc(S(C)(=O)=O)cc2F)ncnc1OCC1CC2CCC1N2C(=O)OC1CC1. The molecule has 3 unspecified atom stereocenters. The van der Waals surface area contributed by atoms with Gasteiger partial charge in [0.05, 0.1) is 22.8 Å². The van der Waals surface area contributed by atoms with Gasteiger partial charge in [0.25, 0.3) is 0 Å². The summed E-state index contributed by atoms with van der Waals surface area (Å²) in [6.45, 7) is 2.17. The molecule has 2 bridgehead atoms. The minimum atomic E-state index is -3.51. The summed E-state index contributed by atoms with van der Waals surface area (Å²) in [5.41, 5.74) is 0.695. The van der Waals surface area contributed by atoms with E-state index in [1.807, 2.05) is 4.90 Å². The highest BCUT2D eigenvalue weighted by Crippen LogP contribution is 2.43. The maximum Gasteiger partial charge on any atom is 0.410 e. The summed E-state index contributed by atoms with van der Waals surface area (Å²) >= 11 is 0. The number of carbonyl (C=O) groups is 1. The van der Waals surface area contributed by atoms with Gasteiger partial charge in [-0.3, -0.25) is 0 Å². The number of hydrogen-bond acceptors (Lipinski definition) is 8. The number of sulfone groups is 1. The van der Waals surface area contributed by atoms with Gasteiger partial charge in [-0.1, -0.05) is 0 Å². The fraction of sp³-hybridized carbons (Fsp3) is 0.522. The van der Waals surface area contributed by atoms with Crippen LogP contribution in [0.5, 0.6) is 5.88 Å². The number of aromatic nitrogens is 2. The third kappa shape index (κ3) is 4.53. The summed E-state index contributed by atoms with van der Waals surface area (Å²) in [6.07, 6.45) is 6.95. The van der Waals surface area contributed by atoms with Crippen LogP contribution < -0.4 is 10.1 Å². The second-order valence-corrected chi connectivity index (χ2v) is 11.3. The van der Waals surface area contributed by atoms with Crippen LogP contribution in [-0.4, -0.2) is 60.4 Å². The molecule has 2 aliphatic heterocycles. The Balaban J connectivity index is 1.24. The fourth-order valence-corrected chi connectivity index (χ4v) is 5.45. The number of carbonyl (C=O) groups excluding carboxylic acids is 1. The van der Waals surface area contributed by atoms with Gasteiger partial charge in [0.1, 0.15) is 24.1 Å². The van der Waals surface area contributed by atoms with Gasteiger partial charge in [-0.2, -0.15) is 0 Å². The Labute approximate surface area is 197 Å². The number of nitrogens with one attached hydrogen (secondary N) is 1. The van der Waals surface area contributed by atoms with E-state index in [-0.39, 0.29) is 40.8 Å². The van der Waals surface area contributed by atoms with Crippen molar-refractivity contribution < 1.29 is 27.1 Å². The average Bonchev–Trinajstić information content (AvgIpc) is 3.40. The van der Waals surface area contributed by atoms with Gasteiger partial charge in [-0.25, -0.2) is 27.6 Å². The molecule has 1 amide bonds. The lowest BCUT2D eigenvalue weighted by Gasteiger charge is -2.24. The highest BCUT2D eigenvalue weighted by Gasteiger charge is 2.50. The van der Waals surface area contributed by atoms with Crippen molar-refractivity contribution in [3.63, 3.8) is 0 Å². The first-order valence-electron chi connectivity index (χ1n) is 11.4. The van der Waals surface area contributed by atoms with Crippen LogP contribution in [0.15, 0.2) is 29.4 Å². The lowest BCUT2D eigenvalue weighted by atomic mass is 9.90. The van der Waals surface area contributed by atoms with E-state index in [2.05, 4.69) is 15.3 Å². The molecule has 9 nitrogen and oxygen atoms in total. The van der Waals surface area contributed by atoms with Crippen LogP contribution in [0.1, 0.15) is 37.7 Å². The van der Waals surface area contributed by atoms with Gasteiger partial charge in [-0.05, 0) is 57.2 Å². The standard InChI is InChI=1S/C23H27FN4O5S/c1-13-21(27-19-7-6-17(10-18(19)24)34(2,30)31)25-12-26-22(13)32-11-14-9-15-3-8-20(14)28(15)23(29)33-16-4-5-16/h6-7,10,12,14-16,20H,3-5,8-9,11H2,1-2H3,(H,25,26,27). The zero-order chi connectivity index (χ0) is 24.0. The first-order valence-corrected chi connectivity index (χ1v) is 13.3. The van der Waals surface area contributed by atoms with Crippen LogP contribution in [0.2, 0.25) is 0 Å². The summed E-state index contributed by atoms with van der Waals surface area (Å²) in [5.74, 6) is 0.222. The largest absolute Gasteiger partial charge is 0.477 e. The molecule has 1 aromatic heterocycles. The molecule has 1 aliphatic carbocycles. The molecule has 1 aromatic carbocycles. The Kier molecular flexibility index (Phi) is 5.83. The summed E-state index contributed by atoms with van der Waals surface area (Å²) in [5, 5.41) is 2.89. The molecule has 2 saturated heterocycles. The third-order valence-corrected chi connectivity index (χ3v) is 7.87. The molecule has 5 rings (SSSR count). The summed E-state index contributed by atoms with van der Waals surface area (Å²) in [7, 11) is -3.51. The van der Waals surface area contributed by atoms with Gasteiger partial charge in [0, 0.05) is 24.3 Å². The zero-order valence-electron chi connectivity index (χ0n) is 19.0. The van der Waals surface area contributed by atoms with E-state index >= 15 is 0 Å². The van der Waals surface area contributed by atoms with Crippen LogP contribution in [-0.2, 0) is 14.6 Å². The average molecular weight is 491 g/mol. The van der Waals surface area contributed by atoms with Crippen LogP contribution in [0, 0.1) is 18.7 Å². The van der Waals surface area contributed by atoms with E-state index in [1.54, 1.807) is 6.92 Å². The molecule has 11 heteroatoms. The van der Waals surface area contributed by atoms with Crippen molar-refractivity contribution in [3.05, 3.63) is 35.9 Å². The lowest BCUT2D eigenvalue weighted by molar-refractivity contribution is 0.0861. The fourth-order valence-electron chi connectivity index (χ4n) is 4.81. The molecule has 0 radical (unpaired) electrons. The van der Waals surface area contributed by atoms with Gasteiger partial charge < -0.3 is 19.7 Å². The number of hydrogen-bond donors (Lipinski definition) is 1. The first-order chi connectivity index (χ1) is 16.2. The molecule has 3 heterocycles. The highest BCUT2D eigenvalue weighted by molar-refractivity contribution is 7.90. The molecule has 3 aliphatic rings. The number of nitrogens with zero attached hydrogens (tertiary/aromatic N) is 3. The van der Waals surface area contributed by atoms with E-state index in [1.165, 1.54) is 18.5 Å². The maximum absolute atomic E-state index is 14.5. The molecule has 3 atom stereocenters. The predicted octanol–water partition coefficient (Wildman–Crippen LogP) is 3.60. The van der Waals surface area contributed by atoms with E-state index in [9.17, 15) is 17.6 Å². The van der Waals surface area contributed by atoms with Crippen LogP contribution in [0.4, 0.5) is 20.7 Å². The Hall–Kier alpha value is -2.95. The van der Waals surface area contributed by atoms with E-state index < -0.39 is 15.7 Å². The van der Waals surface area contributed by atoms with Crippen molar-refractivity contribution in [3.8, 4) is 5.88 Å². The van der Waals surface area contributed by atoms with Gasteiger partial charge in [0.15, 0.2) is 9.84 Å². The second-order valence-electron chi connectivity index (χ2n) is 9.29. The molecule has 34 heavy (non-hydrogen) atoms. The summed E-state index contributed by atoms with van der Waals surface area (Å²) in [6, 6.07) is 3.98. The van der Waals surface area contributed by atoms with Crippen molar-refractivity contribution >= 4 is 27.4 Å². The molecule has 0 spiro atoms. The van der Waals surface area contributed by atoms with E-state index in [0.29, 0.717) is 23.9 Å². The molecule has 2 aromatic rings. The normalized spacial score (nSPS) is 23.7. The van der Waals surface area contributed by atoms with Crippen molar-refractivity contribution in [1.29, 1.82) is 0 Å². The van der Waals surface area contributed by atoms with Crippen LogP contribution >= 0.6 is 0 Å². The Bertz CT molecular complexity index is 1220. The van der Waals surface area contributed by atoms with Crippen molar-refractivity contribution in [2.45, 2.75) is 62.1 Å². The third-order valence-electron chi connectivity index (χ3n) is 6.76. The number of rotatable bonds is 7. The van der Waals surface area contributed by atoms with Crippen molar-refractivity contribution in [2.24, 2.45) is 5.92 Å². The Morgan fingerprint density at radius 2 is 2.03 bits per heavy atom. The topological polar surface area (TPSA) is 111 Å². The van der Waals surface area contributed by atoms with Crippen LogP contribution in [0.3, 0.4) is 0 Å². The van der Waals surface area contributed by atoms with Crippen LogP contribution in [0.25, 0.3) is 0 Å². The number of anilines is 2. The molecular weight excluding hydrogens is 463 g/mol. The smallest absolute Gasteiger partial charge is 0.410 e. The lowest BCUT2D eigenvalue weighted by Crippen LogP contribution is -2.38. The Morgan fingerprint density at radius 1 is 1.24 bits per heavy atom. The first kappa shape index (κ1) is 22.8. The number of ether oxygens (including phenoxy) is 2. The van der Waals surface area contributed by atoms with Crippen molar-refractivity contribution in [1.82, 2.24) is 14.9 Å². The maximum atomic E-state index is 14.5. The highest BCUT2D eigenvalue weighted by atomic mass is 32.2. The number of fused-ring (bicyclic) bond motifs is 2. The van der Waals surface area contributed by atoms with Gasteiger partial charge in [-0.15, -0.1) is 0 Å². The van der Waals surface area contributed by atoms with E-state index in [4.69, 9.17) is 9.47 Å². The minimum absolute atomic E-state index is 0.0872. The molecule has 1 N–H and O–H groups in total. The van der Waals surface area contributed by atoms with Crippen molar-refractivity contribution in [2.75, 3.05) is 18.2 Å². The minimum Gasteiger partial charge on any atom is -0.477 e. The Morgan fingerprint density at radius 3 is 2.74 bits per heavy atom. The number of amides is 1. The van der Waals surface area contributed by atoms with Gasteiger partial charge in [0.2, 0.25) is 5.88 Å². The monoisotopic (exact) mass is 490 g/mol. The molecule has 182 valence electrons.